The van der Waals surface area contributed by atoms with Gasteiger partial charge < -0.3 is 29.0 Å². The quantitative estimate of drug-likeness (QED) is 0.432. The molecular formula is C20H26FN3O10. The predicted molar refractivity (Wildman–Crippen MR) is 109 cm³/mol. The number of carbonyl (C=O) groups is 3. The number of alkyl halides is 1. The number of rotatable bonds is 6. The maximum absolute atomic E-state index is 15.7. The van der Waals surface area contributed by atoms with Crippen molar-refractivity contribution in [1.82, 2.24) is 14.9 Å². The Balaban J connectivity index is 1.75. The van der Waals surface area contributed by atoms with Crippen LogP contribution in [0.4, 0.5) is 14.0 Å². The van der Waals surface area contributed by atoms with Crippen molar-refractivity contribution < 1.29 is 42.5 Å². The van der Waals surface area contributed by atoms with Gasteiger partial charge in [0.25, 0.3) is 11.4 Å². The molecule has 0 radical (unpaired) electrons. The van der Waals surface area contributed by atoms with Gasteiger partial charge in [0, 0.05) is 12.3 Å². The topological polar surface area (TPSA) is 164 Å². The third-order valence-corrected chi connectivity index (χ3v) is 4.91. The van der Waals surface area contributed by atoms with Crippen molar-refractivity contribution in [2.45, 2.75) is 70.6 Å². The van der Waals surface area contributed by atoms with Gasteiger partial charge in [-0.15, -0.1) is 0 Å². The van der Waals surface area contributed by atoms with Crippen LogP contribution in [0.3, 0.4) is 0 Å². The molecule has 1 aromatic heterocycles. The summed E-state index contributed by atoms with van der Waals surface area (Å²) in [6.07, 6.45) is -5.63. The van der Waals surface area contributed by atoms with E-state index < -0.39 is 77.9 Å². The van der Waals surface area contributed by atoms with Gasteiger partial charge in [-0.25, -0.2) is 23.6 Å². The third-order valence-electron chi connectivity index (χ3n) is 4.91. The number of ether oxygens (including phenoxy) is 5. The van der Waals surface area contributed by atoms with Crippen molar-refractivity contribution in [3.05, 3.63) is 33.1 Å². The smallest absolute Gasteiger partial charge is 0.458 e. The van der Waals surface area contributed by atoms with E-state index in [0.717, 1.165) is 16.8 Å². The molecule has 2 fully saturated rings. The maximum atomic E-state index is 15.7. The van der Waals surface area contributed by atoms with Gasteiger partial charge in [0.2, 0.25) is 6.10 Å². The minimum absolute atomic E-state index is 0.451. The first-order valence-corrected chi connectivity index (χ1v) is 10.4. The lowest BCUT2D eigenvalue weighted by Crippen LogP contribution is -2.49. The first-order valence-electron chi connectivity index (χ1n) is 10.4. The van der Waals surface area contributed by atoms with Crippen molar-refractivity contribution in [1.29, 1.82) is 0 Å². The van der Waals surface area contributed by atoms with Gasteiger partial charge in [-0.1, -0.05) is 13.8 Å². The second-order valence-electron chi connectivity index (χ2n) is 9.16. The third kappa shape index (κ3) is 5.38. The number of nitrogens with one attached hydrogen (secondary N) is 2. The summed E-state index contributed by atoms with van der Waals surface area (Å²) >= 11 is 0. The molecule has 3 rings (SSSR count). The van der Waals surface area contributed by atoms with Gasteiger partial charge in [-0.2, -0.15) is 0 Å². The summed E-state index contributed by atoms with van der Waals surface area (Å²) in [5.41, 5.74) is -2.46. The van der Waals surface area contributed by atoms with Crippen LogP contribution in [0.25, 0.3) is 0 Å². The van der Waals surface area contributed by atoms with Crippen LogP contribution >= 0.6 is 0 Å². The van der Waals surface area contributed by atoms with Crippen LogP contribution in [0.5, 0.6) is 0 Å². The van der Waals surface area contributed by atoms with Crippen LogP contribution in [-0.4, -0.2) is 64.1 Å². The van der Waals surface area contributed by atoms with Crippen LogP contribution in [-0.2, 0) is 28.5 Å². The molecule has 0 aromatic carbocycles. The van der Waals surface area contributed by atoms with E-state index >= 15 is 4.39 Å². The molecular weight excluding hydrogens is 461 g/mol. The molecule has 34 heavy (non-hydrogen) atoms. The van der Waals surface area contributed by atoms with Crippen molar-refractivity contribution in [3.8, 4) is 0 Å². The van der Waals surface area contributed by atoms with Crippen molar-refractivity contribution in [2.24, 2.45) is 5.92 Å². The molecule has 2 aliphatic heterocycles. The normalized spacial score (nSPS) is 26.9. The van der Waals surface area contributed by atoms with E-state index in [4.69, 9.17) is 23.7 Å². The van der Waals surface area contributed by atoms with Crippen LogP contribution in [0.2, 0.25) is 0 Å². The molecule has 5 atom stereocenters. The Bertz CT molecular complexity index is 1080. The lowest BCUT2D eigenvalue weighted by Gasteiger charge is -2.27. The van der Waals surface area contributed by atoms with E-state index in [1.807, 2.05) is 4.98 Å². The Kier molecular flexibility index (Phi) is 6.73. The Hall–Kier alpha value is -3.42. The Morgan fingerprint density at radius 3 is 2.53 bits per heavy atom. The second kappa shape index (κ2) is 9.08. The molecule has 2 saturated heterocycles. The lowest BCUT2D eigenvalue weighted by atomic mass is 10.0. The minimum atomic E-state index is -2.89. The summed E-state index contributed by atoms with van der Waals surface area (Å²) in [6.45, 7) is 7.14. The number of aromatic nitrogens is 2. The van der Waals surface area contributed by atoms with Gasteiger partial charge in [0.1, 0.15) is 11.6 Å². The maximum Gasteiger partial charge on any atom is 0.509 e. The molecule has 13 nitrogen and oxygen atoms in total. The Labute approximate surface area is 192 Å². The molecule has 14 heteroatoms. The summed E-state index contributed by atoms with van der Waals surface area (Å²) in [7, 11) is 0. The zero-order valence-corrected chi connectivity index (χ0v) is 19.2. The van der Waals surface area contributed by atoms with Crippen molar-refractivity contribution in [3.63, 3.8) is 0 Å². The number of fused-ring (bicyclic) bond motifs is 1. The highest BCUT2D eigenvalue weighted by Gasteiger charge is 2.65. The van der Waals surface area contributed by atoms with E-state index in [9.17, 15) is 24.0 Å². The van der Waals surface area contributed by atoms with Crippen LogP contribution in [0, 0.1) is 5.92 Å². The zero-order chi connectivity index (χ0) is 25.4. The number of aromatic amines is 1. The standard InChI is InChI=1S/C20H26FN3O10/c1-9(2)11(23-17(28)34-19(3,4)5)15(26)30-8-20(21)13-12(31-18(29)32-13)14(33-20)24-7-6-10(25)22-16(24)27/h6-7,9,11-14H,8H2,1-5H3,(H,23,28)(H,22,25,27)/t11-,12+,13-,14+,20+/m0/s1. The van der Waals surface area contributed by atoms with E-state index in [1.54, 1.807) is 34.6 Å². The molecule has 1 aromatic rings. The lowest BCUT2D eigenvalue weighted by molar-refractivity contribution is -0.220. The zero-order valence-electron chi connectivity index (χ0n) is 19.2. The highest BCUT2D eigenvalue weighted by molar-refractivity contribution is 5.81. The van der Waals surface area contributed by atoms with Gasteiger partial charge >= 0.3 is 23.9 Å². The second-order valence-corrected chi connectivity index (χ2v) is 9.16. The largest absolute Gasteiger partial charge is 0.509 e. The average molecular weight is 487 g/mol. The van der Waals surface area contributed by atoms with E-state index in [2.05, 4.69) is 5.32 Å². The molecule has 0 aliphatic carbocycles. The van der Waals surface area contributed by atoms with Crippen molar-refractivity contribution in [2.75, 3.05) is 6.61 Å². The number of hydrogen-bond donors (Lipinski definition) is 2. The average Bonchev–Trinajstić information content (AvgIpc) is 3.20. The number of esters is 1. The molecule has 188 valence electrons. The number of alkyl carbamates (subject to hydrolysis) is 1. The number of carbonyl (C=O) groups excluding carboxylic acids is 3. The first kappa shape index (κ1) is 25.2. The molecule has 2 aliphatic rings. The van der Waals surface area contributed by atoms with Gasteiger partial charge in [-0.05, 0) is 26.7 Å². The Morgan fingerprint density at radius 2 is 1.94 bits per heavy atom. The summed E-state index contributed by atoms with van der Waals surface area (Å²) in [5.74, 6) is -4.33. The SMILES string of the molecule is CC(C)[C@H](NC(=O)OC(C)(C)C)C(=O)OC[C@@]1(F)O[C@@H](n2ccc(=O)[nH]c2=O)[C@@H]2OC(=O)O[C@@H]21. The van der Waals surface area contributed by atoms with E-state index in [-0.39, 0.29) is 0 Å². The fourth-order valence-corrected chi connectivity index (χ4v) is 3.40. The van der Waals surface area contributed by atoms with Gasteiger partial charge in [0.05, 0.1) is 0 Å². The summed E-state index contributed by atoms with van der Waals surface area (Å²) in [5, 5.41) is 2.37. The number of hydrogen-bond acceptors (Lipinski definition) is 10. The highest BCUT2D eigenvalue weighted by Crippen LogP contribution is 2.44. The predicted octanol–water partition coefficient (Wildman–Crippen LogP) is 0.728. The molecule has 3 heterocycles. The molecule has 0 saturated carbocycles. The molecule has 1 amide bonds. The molecule has 0 unspecified atom stereocenters. The minimum Gasteiger partial charge on any atom is -0.458 e. The monoisotopic (exact) mass is 487 g/mol. The van der Waals surface area contributed by atoms with Gasteiger partial charge in [-0.3, -0.25) is 14.3 Å². The molecule has 0 bridgehead atoms. The number of nitrogens with zero attached hydrogens (tertiary/aromatic N) is 1. The summed E-state index contributed by atoms with van der Waals surface area (Å²) in [6, 6.07) is -0.193. The highest BCUT2D eigenvalue weighted by atomic mass is 19.2. The van der Waals surface area contributed by atoms with Crippen LogP contribution in [0.1, 0.15) is 40.8 Å². The van der Waals surface area contributed by atoms with Crippen LogP contribution < -0.4 is 16.6 Å². The number of halogens is 1. The fourth-order valence-electron chi connectivity index (χ4n) is 3.40. The summed E-state index contributed by atoms with van der Waals surface area (Å²) in [4.78, 5) is 61.8. The number of H-pyrrole nitrogens is 1. The fraction of sp³-hybridized carbons (Fsp3) is 0.650. The Morgan fingerprint density at radius 1 is 1.26 bits per heavy atom. The van der Waals surface area contributed by atoms with Gasteiger partial charge in [0.15, 0.2) is 18.9 Å². The molecule has 2 N–H and O–H groups in total. The number of amides is 1. The first-order chi connectivity index (χ1) is 15.7. The van der Waals surface area contributed by atoms with E-state index in [1.165, 1.54) is 0 Å². The van der Waals surface area contributed by atoms with Crippen molar-refractivity contribution >= 4 is 18.2 Å². The summed E-state index contributed by atoms with van der Waals surface area (Å²) < 4.78 is 41.8. The van der Waals surface area contributed by atoms with E-state index in [0.29, 0.717) is 0 Å². The molecule has 0 spiro atoms. The van der Waals surface area contributed by atoms with Crippen LogP contribution in [0.15, 0.2) is 21.9 Å².